The largest absolute Gasteiger partial charge is 0.349 e. The zero-order valence-electron chi connectivity index (χ0n) is 2.60. The molecule has 0 saturated heterocycles. The molecule has 0 unspecified atom stereocenters. The van der Waals surface area contributed by atoms with Crippen molar-refractivity contribution in [3.05, 3.63) is 0 Å². The molecule has 0 aliphatic rings. The lowest BCUT2D eigenvalue weighted by molar-refractivity contribution is 0.264. The lowest BCUT2D eigenvalue weighted by Crippen LogP contribution is -1.41. The van der Waals surface area contributed by atoms with Crippen molar-refractivity contribution in [2.45, 2.75) is 4.58 Å². The van der Waals surface area contributed by atoms with Gasteiger partial charge in [-0.2, -0.15) is 0 Å². The van der Waals surface area contributed by atoms with E-state index in [2.05, 4.69) is 8.71 Å². The second-order valence-corrected chi connectivity index (χ2v) is 3.80. The van der Waals surface area contributed by atoms with Crippen LogP contribution in [-0.2, 0) is 0 Å². The summed E-state index contributed by atoms with van der Waals surface area (Å²) in [6.45, 7) is 0. The summed E-state index contributed by atoms with van der Waals surface area (Å²) in [6.07, 6.45) is 0. The summed E-state index contributed by atoms with van der Waals surface area (Å²) in [5.41, 5.74) is 0. The van der Waals surface area contributed by atoms with Crippen LogP contribution >= 0.6 is 31.2 Å². The molecule has 6 heavy (non-hydrogen) atoms. The Balaban J connectivity index is 2.40. The zero-order valence-corrected chi connectivity index (χ0v) is 5.00. The van der Waals surface area contributed by atoms with Crippen molar-refractivity contribution in [2.24, 2.45) is 0 Å². The fraction of sp³-hybridized carbons (Fsp3) is 1.00. The fourth-order valence-corrected chi connectivity index (χ4v) is 0.759. The summed E-state index contributed by atoms with van der Waals surface area (Å²) in [5.74, 6) is 0. The van der Waals surface area contributed by atoms with Crippen LogP contribution in [0.15, 0.2) is 8.71 Å². The highest BCUT2D eigenvalue weighted by atomic mass is 35.5. The molecule has 0 fully saturated rings. The minimum atomic E-state index is -0.879. The van der Waals surface area contributed by atoms with Gasteiger partial charge in [-0.25, -0.2) is 8.71 Å². The van der Waals surface area contributed by atoms with Gasteiger partial charge < -0.3 is 0 Å². The molecule has 5 heteroatoms. The second kappa shape index (κ2) is 1.53. The van der Waals surface area contributed by atoms with Crippen molar-refractivity contribution in [1.29, 1.82) is 0 Å². The summed E-state index contributed by atoms with van der Waals surface area (Å²) in [7, 11) is -0.879. The summed E-state index contributed by atoms with van der Waals surface area (Å²) in [5, 5.41) is 0. The summed E-state index contributed by atoms with van der Waals surface area (Å²) < 4.78 is 8.07. The Kier molecular flexibility index (Phi) is 1.18. The summed E-state index contributed by atoms with van der Waals surface area (Å²) in [6, 6.07) is 0. The topological polar surface area (TPSA) is 26.3 Å². The summed E-state index contributed by atoms with van der Waals surface area (Å²) >= 11 is 10.4. The monoisotopic (exact) mass is 146 g/mol. The van der Waals surface area contributed by atoms with E-state index >= 15 is 0 Å². The molecule has 0 aromatic carbocycles. The van der Waals surface area contributed by atoms with Crippen LogP contribution in [0.5, 0.6) is 0 Å². The van der Waals surface area contributed by atoms with Gasteiger partial charge in [-0.1, -0.05) is 23.2 Å². The van der Waals surface area contributed by atoms with Gasteiger partial charge in [0.15, 0.2) is 0 Å². The van der Waals surface area contributed by atoms with E-state index < -0.39 is 12.6 Å². The Labute approximate surface area is 45.2 Å². The van der Waals surface area contributed by atoms with Gasteiger partial charge >= 0.3 is 8.01 Å². The van der Waals surface area contributed by atoms with Crippen molar-refractivity contribution >= 4 is 31.2 Å². The van der Waals surface area contributed by atoms with E-state index in [0.717, 1.165) is 0 Å². The number of rotatable bonds is 1. The van der Waals surface area contributed by atoms with E-state index in [1.54, 1.807) is 0 Å². The van der Waals surface area contributed by atoms with E-state index in [1.165, 1.54) is 0 Å². The van der Waals surface area contributed by atoms with E-state index in [-0.39, 0.29) is 0 Å². The maximum Gasteiger partial charge on any atom is 0.349 e. The second-order valence-electron chi connectivity index (χ2n) is 0.712. The van der Waals surface area contributed by atoms with E-state index in [4.69, 9.17) is 23.2 Å². The first-order chi connectivity index (χ1) is 2.80. The molecule has 1 aromatic heterocycles. The predicted molar refractivity (Wildman–Crippen MR) is 24.4 cm³/mol. The van der Waals surface area contributed by atoms with E-state index in [1.807, 2.05) is 0 Å². The Hall–Kier alpha value is 0.480. The standard InChI is InChI=1S/CHCl2O2P/c2-1(3)6-4-5-6/h1H. The number of halogens is 2. The predicted octanol–water partition coefficient (Wildman–Crippen LogP) is 2.79. The molecular formula is CHCl2O2P. The molecule has 0 aliphatic carbocycles. The van der Waals surface area contributed by atoms with Crippen LogP contribution in [0.4, 0.5) is 0 Å². The SMILES string of the molecule is ClC(Cl)p1oo1. The first-order valence-corrected chi connectivity index (χ1v) is 3.35. The van der Waals surface area contributed by atoms with Crippen LogP contribution in [0.1, 0.15) is 4.58 Å². The molecule has 0 aliphatic heterocycles. The van der Waals surface area contributed by atoms with Crippen molar-refractivity contribution in [1.82, 2.24) is 0 Å². The van der Waals surface area contributed by atoms with Gasteiger partial charge in [0.05, 0.1) is 0 Å². The Morgan fingerprint density at radius 2 is 1.83 bits per heavy atom. The number of alkyl halides is 2. The third kappa shape index (κ3) is 0.970. The van der Waals surface area contributed by atoms with Crippen molar-refractivity contribution in [3.63, 3.8) is 0 Å². The minimum absolute atomic E-state index is 0.472. The molecule has 0 N–H and O–H groups in total. The highest BCUT2D eigenvalue weighted by Crippen LogP contribution is 2.51. The van der Waals surface area contributed by atoms with Crippen molar-refractivity contribution < 1.29 is 8.71 Å². The third-order valence-electron chi connectivity index (χ3n) is 0.320. The van der Waals surface area contributed by atoms with Crippen molar-refractivity contribution in [3.8, 4) is 0 Å². The first kappa shape index (κ1) is 4.63. The molecule has 0 spiro atoms. The molecule has 0 radical (unpaired) electrons. The van der Waals surface area contributed by atoms with Gasteiger partial charge in [0.1, 0.15) is 0 Å². The number of hydrogen-bond donors (Lipinski definition) is 0. The van der Waals surface area contributed by atoms with Gasteiger partial charge in [0.25, 0.3) is 0 Å². The minimum Gasteiger partial charge on any atom is -0.234 e. The summed E-state index contributed by atoms with van der Waals surface area (Å²) in [4.78, 5) is 0. The first-order valence-electron chi connectivity index (χ1n) is 1.23. The fourth-order valence-electron chi connectivity index (χ4n) is 0.0843. The smallest absolute Gasteiger partial charge is 0.234 e. The molecule has 0 amide bonds. The van der Waals surface area contributed by atoms with Crippen LogP contribution < -0.4 is 0 Å². The lowest BCUT2D eigenvalue weighted by Gasteiger charge is -1.70. The molecule has 0 atom stereocenters. The van der Waals surface area contributed by atoms with Gasteiger partial charge in [0.2, 0.25) is 4.58 Å². The van der Waals surface area contributed by atoms with Gasteiger partial charge in [-0.15, -0.1) is 0 Å². The van der Waals surface area contributed by atoms with Crippen LogP contribution in [0.3, 0.4) is 0 Å². The van der Waals surface area contributed by atoms with Crippen LogP contribution in [-0.4, -0.2) is 0 Å². The quantitative estimate of drug-likeness (QED) is 0.450. The average molecular weight is 147 g/mol. The average Bonchev–Trinajstić information content (AvgIpc) is 2.06. The van der Waals surface area contributed by atoms with Gasteiger partial charge in [-0.05, 0) is 0 Å². The van der Waals surface area contributed by atoms with Gasteiger partial charge in [-0.3, -0.25) is 0 Å². The molecular weight excluding hydrogens is 146 g/mol. The third-order valence-corrected chi connectivity index (χ3v) is 1.92. The highest BCUT2D eigenvalue weighted by Gasteiger charge is 2.16. The Morgan fingerprint density at radius 1 is 1.33 bits per heavy atom. The maximum atomic E-state index is 5.22. The molecule has 0 bridgehead atoms. The lowest BCUT2D eigenvalue weighted by atomic mass is 11.9. The molecule has 36 valence electrons. The van der Waals surface area contributed by atoms with Gasteiger partial charge in [0, 0.05) is 0 Å². The highest BCUT2D eigenvalue weighted by molar-refractivity contribution is 7.44. The molecule has 2 nitrogen and oxygen atoms in total. The zero-order chi connectivity index (χ0) is 4.57. The molecule has 1 rings (SSSR count). The molecule has 1 aromatic rings. The van der Waals surface area contributed by atoms with E-state index in [9.17, 15) is 0 Å². The van der Waals surface area contributed by atoms with Crippen molar-refractivity contribution in [2.75, 3.05) is 0 Å². The Morgan fingerprint density at radius 3 is 1.83 bits per heavy atom. The molecule has 1 heterocycles. The maximum absolute atomic E-state index is 5.22. The molecule has 0 saturated carbocycles. The van der Waals surface area contributed by atoms with E-state index in [0.29, 0.717) is 0 Å². The van der Waals surface area contributed by atoms with Crippen LogP contribution in [0.2, 0.25) is 0 Å². The normalized spacial score (nSPS) is 11.2. The Bertz CT molecular complexity index is 98.5. The van der Waals surface area contributed by atoms with Crippen LogP contribution in [0.25, 0.3) is 0 Å². The van der Waals surface area contributed by atoms with Crippen LogP contribution in [0, 0.1) is 0 Å². The number of hydrogen-bond acceptors (Lipinski definition) is 2.